The van der Waals surface area contributed by atoms with Crippen molar-refractivity contribution in [2.75, 3.05) is 13.2 Å². The maximum Gasteiger partial charge on any atom is 0.335 e. The summed E-state index contributed by atoms with van der Waals surface area (Å²) in [7, 11) is 0. The molecule has 0 aromatic rings. The van der Waals surface area contributed by atoms with Crippen molar-refractivity contribution in [3.8, 4) is 0 Å². The zero-order valence-corrected chi connectivity index (χ0v) is 10.4. The third kappa shape index (κ3) is 14.3. The van der Waals surface area contributed by atoms with Crippen LogP contribution in [0.2, 0.25) is 0 Å². The van der Waals surface area contributed by atoms with Gasteiger partial charge in [-0.15, -0.1) is 6.58 Å². The molecule has 1 unspecified atom stereocenters. The number of esters is 1. The number of hydrogen-bond acceptors (Lipinski definition) is 5. The first-order valence-electron chi connectivity index (χ1n) is 5.45. The summed E-state index contributed by atoms with van der Waals surface area (Å²) in [5.41, 5.74) is 0. The lowest BCUT2D eigenvalue weighted by Crippen LogP contribution is -2.21. The van der Waals surface area contributed by atoms with Crippen LogP contribution >= 0.6 is 0 Å². The predicted molar refractivity (Wildman–Crippen MR) is 65.9 cm³/mol. The summed E-state index contributed by atoms with van der Waals surface area (Å²) in [5.74, 6) is -1.55. The molecule has 0 amide bonds. The van der Waals surface area contributed by atoms with Gasteiger partial charge in [0.1, 0.15) is 0 Å². The highest BCUT2D eigenvalue weighted by atomic mass is 16.5. The van der Waals surface area contributed by atoms with Gasteiger partial charge in [-0.3, -0.25) is 0 Å². The first-order chi connectivity index (χ1) is 8.49. The molecule has 6 nitrogen and oxygen atoms in total. The summed E-state index contributed by atoms with van der Waals surface area (Å²) in [5, 5.41) is 25.0. The van der Waals surface area contributed by atoms with Gasteiger partial charge in [-0.05, 0) is 13.3 Å². The molecule has 0 aliphatic carbocycles. The second-order valence-electron chi connectivity index (χ2n) is 3.05. The third-order valence-corrected chi connectivity index (χ3v) is 1.50. The van der Waals surface area contributed by atoms with Crippen molar-refractivity contribution in [1.29, 1.82) is 0 Å². The molecule has 0 saturated carbocycles. The number of rotatable bonds is 7. The van der Waals surface area contributed by atoms with Gasteiger partial charge in [-0.25, -0.2) is 9.59 Å². The molecule has 0 aliphatic rings. The minimum atomic E-state index is -1.04. The van der Waals surface area contributed by atoms with E-state index in [1.54, 1.807) is 6.92 Å². The van der Waals surface area contributed by atoms with Crippen molar-refractivity contribution in [2.24, 2.45) is 0 Å². The molecule has 0 radical (unpaired) electrons. The molecule has 6 heteroatoms. The number of aliphatic carboxylic acids is 1. The molecule has 1 atom stereocenters. The third-order valence-electron chi connectivity index (χ3n) is 1.50. The van der Waals surface area contributed by atoms with Crippen LogP contribution in [0, 0.1) is 0 Å². The largest absolute Gasteiger partial charge is 0.478 e. The van der Waals surface area contributed by atoms with Gasteiger partial charge < -0.3 is 20.1 Å². The van der Waals surface area contributed by atoms with Crippen molar-refractivity contribution in [3.05, 3.63) is 24.8 Å². The number of carboxylic acid groups (broad SMARTS) is 1. The quantitative estimate of drug-likeness (QED) is 0.350. The first-order valence-corrected chi connectivity index (χ1v) is 5.45. The molecule has 3 N–H and O–H groups in total. The smallest absolute Gasteiger partial charge is 0.335 e. The highest BCUT2D eigenvalue weighted by Crippen LogP contribution is 1.94. The number of ether oxygens (including phenoxy) is 1. The maximum absolute atomic E-state index is 10.6. The van der Waals surface area contributed by atoms with E-state index in [2.05, 4.69) is 11.3 Å². The Labute approximate surface area is 106 Å². The Morgan fingerprint density at radius 2 is 2.06 bits per heavy atom. The second-order valence-corrected chi connectivity index (χ2v) is 3.05. The Morgan fingerprint density at radius 3 is 2.44 bits per heavy atom. The lowest BCUT2D eigenvalue weighted by atomic mass is 10.2. The summed E-state index contributed by atoms with van der Waals surface area (Å²) in [6, 6.07) is 0. The van der Waals surface area contributed by atoms with Crippen LogP contribution in [0.1, 0.15) is 19.8 Å². The minimum Gasteiger partial charge on any atom is -0.478 e. The van der Waals surface area contributed by atoms with Gasteiger partial charge in [0.15, 0.2) is 6.10 Å². The molecule has 0 aromatic heterocycles. The van der Waals surface area contributed by atoms with Gasteiger partial charge in [0.05, 0.1) is 6.61 Å². The second kappa shape index (κ2) is 13.4. The Bertz CT molecular complexity index is 272. The van der Waals surface area contributed by atoms with Crippen LogP contribution in [0.3, 0.4) is 0 Å². The lowest BCUT2D eigenvalue weighted by molar-refractivity contribution is -0.152. The average molecular weight is 260 g/mol. The van der Waals surface area contributed by atoms with Crippen molar-refractivity contribution < 1.29 is 29.6 Å². The Kier molecular flexibility index (Phi) is 13.9. The molecule has 0 spiro atoms. The summed E-state index contributed by atoms with van der Waals surface area (Å²) >= 11 is 0. The van der Waals surface area contributed by atoms with Crippen molar-refractivity contribution in [1.82, 2.24) is 0 Å². The number of carbonyl (C=O) groups is 2. The van der Waals surface area contributed by atoms with Crippen LogP contribution in [0.25, 0.3) is 0 Å². The van der Waals surface area contributed by atoms with Crippen LogP contribution in [-0.2, 0) is 14.3 Å². The summed E-state index contributed by atoms with van der Waals surface area (Å²) in [6.45, 7) is 5.37. The molecule has 18 heavy (non-hydrogen) atoms. The van der Waals surface area contributed by atoms with E-state index in [9.17, 15) is 9.59 Å². The molecule has 0 fully saturated rings. The van der Waals surface area contributed by atoms with Gasteiger partial charge in [0.2, 0.25) is 0 Å². The fourth-order valence-corrected chi connectivity index (χ4v) is 0.751. The fraction of sp³-hybridized carbons (Fsp3) is 0.500. The molecule has 0 saturated heterocycles. The predicted octanol–water partition coefficient (Wildman–Crippen LogP) is 0.496. The summed E-state index contributed by atoms with van der Waals surface area (Å²) < 4.78 is 4.52. The van der Waals surface area contributed by atoms with Crippen molar-refractivity contribution in [3.63, 3.8) is 0 Å². The van der Waals surface area contributed by atoms with Gasteiger partial charge >= 0.3 is 11.9 Å². The van der Waals surface area contributed by atoms with E-state index < -0.39 is 18.0 Å². The number of aliphatic hydroxyl groups is 2. The van der Waals surface area contributed by atoms with E-state index in [1.165, 1.54) is 12.2 Å². The topological polar surface area (TPSA) is 104 Å². The SMILES string of the molecule is C=CCC(O)C(=O)OCC.O=C(O)/C=C/CCO. The Morgan fingerprint density at radius 1 is 1.44 bits per heavy atom. The van der Waals surface area contributed by atoms with Gasteiger partial charge in [-0.1, -0.05) is 12.2 Å². The van der Waals surface area contributed by atoms with Crippen molar-refractivity contribution >= 4 is 11.9 Å². The zero-order valence-electron chi connectivity index (χ0n) is 10.4. The van der Waals surface area contributed by atoms with E-state index in [1.807, 2.05) is 0 Å². The van der Waals surface area contributed by atoms with Crippen molar-refractivity contribution in [2.45, 2.75) is 25.9 Å². The van der Waals surface area contributed by atoms with Gasteiger partial charge in [-0.2, -0.15) is 0 Å². The van der Waals surface area contributed by atoms with E-state index in [4.69, 9.17) is 15.3 Å². The van der Waals surface area contributed by atoms with E-state index in [-0.39, 0.29) is 13.0 Å². The monoisotopic (exact) mass is 260 g/mol. The fourth-order valence-electron chi connectivity index (χ4n) is 0.751. The number of hydrogen-bond donors (Lipinski definition) is 3. The minimum absolute atomic E-state index is 0.00375. The molecule has 0 bridgehead atoms. The molecule has 0 aliphatic heterocycles. The molecule has 104 valence electrons. The molecule has 0 heterocycles. The van der Waals surface area contributed by atoms with Gasteiger partial charge in [0.25, 0.3) is 0 Å². The van der Waals surface area contributed by atoms with Crippen LogP contribution in [0.15, 0.2) is 24.8 Å². The normalized spacial score (nSPS) is 11.3. The average Bonchev–Trinajstić information content (AvgIpc) is 2.30. The molecular formula is C12H20O6. The van der Waals surface area contributed by atoms with Crippen LogP contribution in [-0.4, -0.2) is 46.6 Å². The Balaban J connectivity index is 0. The molecular weight excluding hydrogens is 240 g/mol. The zero-order chi connectivity index (χ0) is 14.4. The summed E-state index contributed by atoms with van der Waals surface area (Å²) in [6.07, 6.45) is 3.50. The van der Waals surface area contributed by atoms with E-state index in [0.717, 1.165) is 6.08 Å². The molecule has 0 aromatic carbocycles. The lowest BCUT2D eigenvalue weighted by Gasteiger charge is -2.05. The number of carboxylic acids is 1. The highest BCUT2D eigenvalue weighted by Gasteiger charge is 2.12. The molecule has 0 rings (SSSR count). The highest BCUT2D eigenvalue weighted by molar-refractivity contribution is 5.79. The van der Waals surface area contributed by atoms with Crippen LogP contribution < -0.4 is 0 Å². The number of carbonyl (C=O) groups excluding carboxylic acids is 1. The van der Waals surface area contributed by atoms with E-state index >= 15 is 0 Å². The van der Waals surface area contributed by atoms with Crippen LogP contribution in [0.4, 0.5) is 0 Å². The van der Waals surface area contributed by atoms with E-state index in [0.29, 0.717) is 13.0 Å². The maximum atomic E-state index is 10.6. The van der Waals surface area contributed by atoms with Gasteiger partial charge in [0, 0.05) is 19.1 Å². The van der Waals surface area contributed by atoms with Crippen LogP contribution in [0.5, 0.6) is 0 Å². The first kappa shape index (κ1) is 18.7. The standard InChI is InChI=1S/C7H12O3.C5H8O3/c1-3-5-6(8)7(9)10-4-2;6-4-2-1-3-5(7)8/h3,6,8H,1,4-5H2,2H3;1,3,6H,2,4H2,(H,7,8)/b;3-1+. The number of aliphatic hydroxyl groups excluding tert-OH is 2. The Hall–Kier alpha value is -1.66. The summed E-state index contributed by atoms with van der Waals surface area (Å²) in [4.78, 5) is 20.3.